The van der Waals surface area contributed by atoms with Gasteiger partial charge in [-0.05, 0) is 31.4 Å². The number of carbonyl (C=O) groups is 1. The van der Waals surface area contributed by atoms with Crippen molar-refractivity contribution in [2.45, 2.75) is 38.1 Å². The van der Waals surface area contributed by atoms with Crippen LogP contribution < -0.4 is 4.72 Å². The van der Waals surface area contributed by atoms with Crippen LogP contribution in [0.5, 0.6) is 0 Å². The van der Waals surface area contributed by atoms with Gasteiger partial charge in [0.15, 0.2) is 0 Å². The van der Waals surface area contributed by atoms with Gasteiger partial charge < -0.3 is 4.79 Å². The molecule has 0 aromatic heterocycles. The minimum Gasteiger partial charge on any atom is -0.302 e. The van der Waals surface area contributed by atoms with Crippen LogP contribution in [0.25, 0.3) is 0 Å². The molecule has 0 heterocycles. The highest BCUT2D eigenvalue weighted by molar-refractivity contribution is 7.89. The van der Waals surface area contributed by atoms with E-state index < -0.39 is 16.1 Å². The summed E-state index contributed by atoms with van der Waals surface area (Å²) in [6, 6.07) is 5.86. The smallest absolute Gasteiger partial charge is 0.241 e. The Balaban J connectivity index is 2.86. The van der Waals surface area contributed by atoms with E-state index in [9.17, 15) is 13.2 Å². The normalized spacial score (nSPS) is 13.6. The molecule has 18 heavy (non-hydrogen) atoms. The van der Waals surface area contributed by atoms with Crippen LogP contribution in [-0.4, -0.2) is 20.7 Å². The van der Waals surface area contributed by atoms with Crippen LogP contribution in [0.3, 0.4) is 0 Å². The third-order valence-electron chi connectivity index (χ3n) is 2.53. The van der Waals surface area contributed by atoms with Crippen molar-refractivity contribution in [1.29, 1.82) is 0 Å². The van der Waals surface area contributed by atoms with E-state index in [1.54, 1.807) is 12.1 Å². The molecule has 0 bridgehead atoms. The van der Waals surface area contributed by atoms with Gasteiger partial charge in [0.1, 0.15) is 6.29 Å². The molecular formula is C13H19NO3S. The number of sulfonamides is 1. The van der Waals surface area contributed by atoms with Gasteiger partial charge in [0.2, 0.25) is 10.0 Å². The van der Waals surface area contributed by atoms with Crippen molar-refractivity contribution in [1.82, 2.24) is 4.72 Å². The van der Waals surface area contributed by atoms with Gasteiger partial charge in [-0.2, -0.15) is 0 Å². The number of hydrogen-bond acceptors (Lipinski definition) is 3. The number of nitrogens with one attached hydrogen (secondary N) is 1. The molecule has 0 aliphatic heterocycles. The molecule has 5 heteroatoms. The maximum Gasteiger partial charge on any atom is 0.241 e. The molecule has 100 valence electrons. The second-order valence-electron chi connectivity index (χ2n) is 4.81. The van der Waals surface area contributed by atoms with Crippen molar-refractivity contribution in [2.24, 2.45) is 5.92 Å². The van der Waals surface area contributed by atoms with Gasteiger partial charge in [-0.15, -0.1) is 0 Å². The Kier molecular flexibility index (Phi) is 5.04. The average molecular weight is 269 g/mol. The maximum atomic E-state index is 12.0. The molecule has 1 rings (SSSR count). The van der Waals surface area contributed by atoms with Gasteiger partial charge in [-0.25, -0.2) is 13.1 Å². The minimum absolute atomic E-state index is 0.184. The minimum atomic E-state index is -3.62. The van der Waals surface area contributed by atoms with E-state index in [1.165, 1.54) is 12.1 Å². The lowest BCUT2D eigenvalue weighted by molar-refractivity contribution is -0.109. The van der Waals surface area contributed by atoms with Gasteiger partial charge in [-0.1, -0.05) is 31.5 Å². The fourth-order valence-electron chi connectivity index (χ4n) is 1.62. The lowest BCUT2D eigenvalue weighted by Gasteiger charge is -2.15. The van der Waals surface area contributed by atoms with Crippen LogP contribution in [0.4, 0.5) is 0 Å². The monoisotopic (exact) mass is 269 g/mol. The summed E-state index contributed by atoms with van der Waals surface area (Å²) in [4.78, 5) is 11.1. The zero-order valence-electron chi connectivity index (χ0n) is 10.9. The maximum absolute atomic E-state index is 12.0. The number of aldehydes is 1. The van der Waals surface area contributed by atoms with Crippen molar-refractivity contribution in [2.75, 3.05) is 0 Å². The van der Waals surface area contributed by atoms with E-state index in [4.69, 9.17) is 0 Å². The summed E-state index contributed by atoms with van der Waals surface area (Å²) < 4.78 is 26.5. The first kappa shape index (κ1) is 14.9. The standard InChI is InChI=1S/C13H19NO3S/c1-10(2)8-12(9-15)14-18(16,17)13-6-4-11(3)5-7-13/h4-7,9-10,12,14H,8H2,1-3H3. The van der Waals surface area contributed by atoms with Gasteiger partial charge in [-0.3, -0.25) is 0 Å². The van der Waals surface area contributed by atoms with Crippen molar-refractivity contribution < 1.29 is 13.2 Å². The molecule has 1 unspecified atom stereocenters. The Morgan fingerprint density at radius 3 is 2.22 bits per heavy atom. The molecular weight excluding hydrogens is 250 g/mol. The summed E-state index contributed by atoms with van der Waals surface area (Å²) in [5.41, 5.74) is 0.989. The third-order valence-corrected chi connectivity index (χ3v) is 4.03. The molecule has 0 radical (unpaired) electrons. The van der Waals surface area contributed by atoms with E-state index >= 15 is 0 Å². The summed E-state index contributed by atoms with van der Waals surface area (Å²) in [6.45, 7) is 5.77. The zero-order valence-corrected chi connectivity index (χ0v) is 11.7. The number of rotatable bonds is 6. The third kappa shape index (κ3) is 4.23. The van der Waals surface area contributed by atoms with Crippen LogP contribution in [0, 0.1) is 12.8 Å². The summed E-state index contributed by atoms with van der Waals surface area (Å²) in [6.07, 6.45) is 1.14. The second kappa shape index (κ2) is 6.11. The predicted molar refractivity (Wildman–Crippen MR) is 70.8 cm³/mol. The Bertz CT molecular complexity index is 491. The largest absolute Gasteiger partial charge is 0.302 e. The molecule has 0 aliphatic carbocycles. The van der Waals surface area contributed by atoms with Crippen molar-refractivity contribution in [3.05, 3.63) is 29.8 Å². The van der Waals surface area contributed by atoms with Crippen molar-refractivity contribution in [3.8, 4) is 0 Å². The summed E-state index contributed by atoms with van der Waals surface area (Å²) >= 11 is 0. The lowest BCUT2D eigenvalue weighted by Crippen LogP contribution is -2.36. The van der Waals surface area contributed by atoms with Crippen LogP contribution in [0.2, 0.25) is 0 Å². The van der Waals surface area contributed by atoms with Crippen LogP contribution in [0.1, 0.15) is 25.8 Å². The molecule has 0 aliphatic rings. The highest BCUT2D eigenvalue weighted by Gasteiger charge is 2.20. The van der Waals surface area contributed by atoms with Crippen molar-refractivity contribution in [3.63, 3.8) is 0 Å². The first-order valence-corrected chi connectivity index (χ1v) is 7.38. The van der Waals surface area contributed by atoms with E-state index in [1.807, 2.05) is 20.8 Å². The second-order valence-corrected chi connectivity index (χ2v) is 6.52. The first-order chi connectivity index (χ1) is 8.35. The van der Waals surface area contributed by atoms with Gasteiger partial charge >= 0.3 is 0 Å². The Labute approximate surface area is 108 Å². The van der Waals surface area contributed by atoms with E-state index in [0.717, 1.165) is 5.56 Å². The molecule has 1 aromatic carbocycles. The first-order valence-electron chi connectivity index (χ1n) is 5.89. The SMILES string of the molecule is Cc1ccc(S(=O)(=O)NC(C=O)CC(C)C)cc1. The number of carbonyl (C=O) groups excluding carboxylic acids is 1. The molecule has 1 aromatic rings. The topological polar surface area (TPSA) is 63.2 Å². The molecule has 0 amide bonds. The van der Waals surface area contributed by atoms with E-state index in [-0.39, 0.29) is 10.8 Å². The fourth-order valence-corrected chi connectivity index (χ4v) is 2.80. The van der Waals surface area contributed by atoms with E-state index in [0.29, 0.717) is 12.7 Å². The van der Waals surface area contributed by atoms with Gasteiger partial charge in [0.05, 0.1) is 10.9 Å². The number of hydrogen-bond donors (Lipinski definition) is 1. The quantitative estimate of drug-likeness (QED) is 0.802. The Morgan fingerprint density at radius 2 is 1.78 bits per heavy atom. The van der Waals surface area contributed by atoms with Crippen LogP contribution >= 0.6 is 0 Å². The molecule has 0 saturated heterocycles. The fraction of sp³-hybridized carbons (Fsp3) is 0.462. The predicted octanol–water partition coefficient (Wildman–Crippen LogP) is 1.89. The summed E-state index contributed by atoms with van der Waals surface area (Å²) in [5, 5.41) is 0. The van der Waals surface area contributed by atoms with E-state index in [2.05, 4.69) is 4.72 Å². The van der Waals surface area contributed by atoms with Gasteiger partial charge in [0.25, 0.3) is 0 Å². The Hall–Kier alpha value is -1.20. The van der Waals surface area contributed by atoms with Gasteiger partial charge in [0, 0.05) is 0 Å². The molecule has 0 spiro atoms. The average Bonchev–Trinajstić information content (AvgIpc) is 2.27. The van der Waals surface area contributed by atoms with Crippen LogP contribution in [0.15, 0.2) is 29.2 Å². The summed E-state index contributed by atoms with van der Waals surface area (Å²) in [7, 11) is -3.62. The molecule has 1 atom stereocenters. The molecule has 0 saturated carbocycles. The molecule has 1 N–H and O–H groups in total. The number of benzene rings is 1. The molecule has 0 fully saturated rings. The Morgan fingerprint density at radius 1 is 1.22 bits per heavy atom. The van der Waals surface area contributed by atoms with Crippen molar-refractivity contribution >= 4 is 16.3 Å². The highest BCUT2D eigenvalue weighted by atomic mass is 32.2. The highest BCUT2D eigenvalue weighted by Crippen LogP contribution is 2.12. The zero-order chi connectivity index (χ0) is 13.8. The number of aryl methyl sites for hydroxylation is 1. The van der Waals surface area contributed by atoms with Crippen LogP contribution in [-0.2, 0) is 14.8 Å². The summed E-state index contributed by atoms with van der Waals surface area (Å²) in [5.74, 6) is 0.251. The molecule has 4 nitrogen and oxygen atoms in total. The lowest BCUT2D eigenvalue weighted by atomic mass is 10.1.